The quantitative estimate of drug-likeness (QED) is 0.717. The van der Waals surface area contributed by atoms with E-state index in [1.165, 1.54) is 6.07 Å². The highest BCUT2D eigenvalue weighted by molar-refractivity contribution is 9.11. The van der Waals surface area contributed by atoms with Crippen LogP contribution >= 0.6 is 31.9 Å². The Kier molecular flexibility index (Phi) is 5.96. The molecule has 0 saturated carbocycles. The predicted molar refractivity (Wildman–Crippen MR) is 80.3 cm³/mol. The summed E-state index contributed by atoms with van der Waals surface area (Å²) in [6.45, 7) is 2.26. The van der Waals surface area contributed by atoms with Crippen LogP contribution in [0.2, 0.25) is 0 Å². The number of aromatic carboxylic acids is 1. The Morgan fingerprint density at radius 2 is 2.05 bits per heavy atom. The van der Waals surface area contributed by atoms with Gasteiger partial charge in [0.25, 0.3) is 0 Å². The summed E-state index contributed by atoms with van der Waals surface area (Å²) in [4.78, 5) is 23.0. The van der Waals surface area contributed by atoms with Gasteiger partial charge in [-0.1, -0.05) is 22.9 Å². The number of carboxylic acids is 1. The van der Waals surface area contributed by atoms with Gasteiger partial charge in [0, 0.05) is 15.4 Å². The maximum absolute atomic E-state index is 11.8. The van der Waals surface area contributed by atoms with Crippen LogP contribution < -0.4 is 11.1 Å². The summed E-state index contributed by atoms with van der Waals surface area (Å²) in [6.07, 6.45) is 0.248. The molecule has 0 bridgehead atoms. The van der Waals surface area contributed by atoms with Crippen LogP contribution in [0.1, 0.15) is 23.7 Å². The highest BCUT2D eigenvalue weighted by Gasteiger charge is 2.17. The number of hydrogen-bond donors (Lipinski definition) is 3. The first-order valence-corrected chi connectivity index (χ1v) is 7.16. The van der Waals surface area contributed by atoms with Crippen molar-refractivity contribution in [2.75, 3.05) is 11.9 Å². The lowest BCUT2D eigenvalue weighted by Gasteiger charge is -2.13. The number of carboxylic acid groups (broad SMARTS) is 1. The third-order valence-electron chi connectivity index (χ3n) is 2.49. The van der Waals surface area contributed by atoms with Crippen molar-refractivity contribution >= 4 is 49.4 Å². The maximum atomic E-state index is 11.8. The van der Waals surface area contributed by atoms with Crippen molar-refractivity contribution in [3.8, 4) is 0 Å². The first-order valence-electron chi connectivity index (χ1n) is 5.57. The van der Waals surface area contributed by atoms with Crippen molar-refractivity contribution in [3.05, 3.63) is 26.6 Å². The number of benzene rings is 1. The summed E-state index contributed by atoms with van der Waals surface area (Å²) in [6, 6.07) is 3.11. The number of amides is 1. The number of anilines is 1. The largest absolute Gasteiger partial charge is 0.478 e. The van der Waals surface area contributed by atoms with Crippen molar-refractivity contribution in [3.63, 3.8) is 0 Å². The lowest BCUT2D eigenvalue weighted by Crippen LogP contribution is -2.21. The zero-order valence-corrected chi connectivity index (χ0v) is 13.4. The fraction of sp³-hybridized carbons (Fsp3) is 0.333. The van der Waals surface area contributed by atoms with Crippen LogP contribution in [0.25, 0.3) is 0 Å². The summed E-state index contributed by atoms with van der Waals surface area (Å²) >= 11 is 6.46. The van der Waals surface area contributed by atoms with Crippen molar-refractivity contribution in [2.24, 2.45) is 11.7 Å². The van der Waals surface area contributed by atoms with Gasteiger partial charge in [0.1, 0.15) is 0 Å². The molecule has 1 amide bonds. The molecule has 104 valence electrons. The van der Waals surface area contributed by atoms with Gasteiger partial charge in [-0.3, -0.25) is 4.79 Å². The molecule has 1 rings (SSSR count). The standard InChI is InChI=1S/C12H14Br2N2O3/c1-6(5-15)2-10(17)16-11-8(12(18)19)3-7(13)4-9(11)14/h3-4,6H,2,5,15H2,1H3,(H,16,17)(H,18,19). The molecule has 0 radical (unpaired) electrons. The van der Waals surface area contributed by atoms with Crippen LogP contribution in [-0.2, 0) is 4.79 Å². The van der Waals surface area contributed by atoms with Gasteiger partial charge in [-0.25, -0.2) is 4.79 Å². The van der Waals surface area contributed by atoms with E-state index >= 15 is 0 Å². The minimum Gasteiger partial charge on any atom is -0.478 e. The molecule has 1 unspecified atom stereocenters. The van der Waals surface area contributed by atoms with Gasteiger partial charge in [0.15, 0.2) is 0 Å². The molecule has 0 heterocycles. The molecule has 1 aromatic rings. The smallest absolute Gasteiger partial charge is 0.337 e. The summed E-state index contributed by atoms with van der Waals surface area (Å²) in [5, 5.41) is 11.8. The van der Waals surface area contributed by atoms with Gasteiger partial charge in [0.05, 0.1) is 11.3 Å². The fourth-order valence-electron chi connectivity index (χ4n) is 1.46. The van der Waals surface area contributed by atoms with E-state index in [0.29, 0.717) is 15.5 Å². The molecule has 1 aromatic carbocycles. The van der Waals surface area contributed by atoms with E-state index in [9.17, 15) is 9.59 Å². The Morgan fingerprint density at radius 3 is 2.58 bits per heavy atom. The van der Waals surface area contributed by atoms with Crippen LogP contribution in [-0.4, -0.2) is 23.5 Å². The summed E-state index contributed by atoms with van der Waals surface area (Å²) in [7, 11) is 0. The van der Waals surface area contributed by atoms with Crippen molar-refractivity contribution in [1.82, 2.24) is 0 Å². The Balaban J connectivity index is 3.00. The summed E-state index contributed by atoms with van der Waals surface area (Å²) < 4.78 is 1.12. The third-order valence-corrected chi connectivity index (χ3v) is 3.57. The molecule has 0 fully saturated rings. The average molecular weight is 394 g/mol. The first kappa shape index (κ1) is 16.1. The Labute approximate surface area is 127 Å². The SMILES string of the molecule is CC(CN)CC(=O)Nc1c(Br)cc(Br)cc1C(=O)O. The molecule has 19 heavy (non-hydrogen) atoms. The summed E-state index contributed by atoms with van der Waals surface area (Å²) in [5.41, 5.74) is 5.73. The number of hydrogen-bond acceptors (Lipinski definition) is 3. The van der Waals surface area contributed by atoms with E-state index in [4.69, 9.17) is 10.8 Å². The molecular formula is C12H14Br2N2O3. The monoisotopic (exact) mass is 392 g/mol. The van der Waals surface area contributed by atoms with Crippen LogP contribution in [0, 0.1) is 5.92 Å². The minimum atomic E-state index is -1.11. The van der Waals surface area contributed by atoms with Crippen LogP contribution in [0.3, 0.4) is 0 Å². The number of carbonyl (C=O) groups is 2. The highest BCUT2D eigenvalue weighted by atomic mass is 79.9. The topological polar surface area (TPSA) is 92.4 Å². The Bertz CT molecular complexity index is 506. The van der Waals surface area contributed by atoms with Crippen molar-refractivity contribution < 1.29 is 14.7 Å². The number of carbonyl (C=O) groups excluding carboxylic acids is 1. The van der Waals surface area contributed by atoms with Gasteiger partial charge < -0.3 is 16.2 Å². The molecule has 0 saturated heterocycles. The molecule has 0 aliphatic carbocycles. The highest BCUT2D eigenvalue weighted by Crippen LogP contribution is 2.31. The van der Waals surface area contributed by atoms with Gasteiger partial charge >= 0.3 is 5.97 Å². The second-order valence-corrected chi connectivity index (χ2v) is 5.98. The molecule has 4 N–H and O–H groups in total. The Hall–Kier alpha value is -0.920. The van der Waals surface area contributed by atoms with Crippen LogP contribution in [0.15, 0.2) is 21.1 Å². The van der Waals surface area contributed by atoms with Gasteiger partial charge in [-0.2, -0.15) is 0 Å². The van der Waals surface area contributed by atoms with Crippen LogP contribution in [0.5, 0.6) is 0 Å². The first-order chi connectivity index (χ1) is 8.85. The molecule has 5 nitrogen and oxygen atoms in total. The van der Waals surface area contributed by atoms with Crippen molar-refractivity contribution in [1.29, 1.82) is 0 Å². The van der Waals surface area contributed by atoms with Gasteiger partial charge in [-0.05, 0) is 40.5 Å². The molecule has 0 spiro atoms. The lowest BCUT2D eigenvalue weighted by molar-refractivity contribution is -0.116. The van der Waals surface area contributed by atoms with E-state index < -0.39 is 5.97 Å². The van der Waals surface area contributed by atoms with E-state index in [0.717, 1.165) is 0 Å². The molecule has 0 aliphatic rings. The maximum Gasteiger partial charge on any atom is 0.337 e. The number of rotatable bonds is 5. The zero-order valence-electron chi connectivity index (χ0n) is 10.2. The lowest BCUT2D eigenvalue weighted by atomic mass is 10.1. The number of nitrogens with one attached hydrogen (secondary N) is 1. The number of nitrogens with two attached hydrogens (primary N) is 1. The normalized spacial score (nSPS) is 12.0. The molecule has 0 aliphatic heterocycles. The molecule has 1 atom stereocenters. The van der Waals surface area contributed by atoms with Crippen molar-refractivity contribution in [2.45, 2.75) is 13.3 Å². The summed E-state index contributed by atoms with van der Waals surface area (Å²) in [5.74, 6) is -1.32. The van der Waals surface area contributed by atoms with E-state index in [2.05, 4.69) is 37.2 Å². The van der Waals surface area contributed by atoms with Gasteiger partial charge in [-0.15, -0.1) is 0 Å². The van der Waals surface area contributed by atoms with E-state index in [-0.39, 0.29) is 29.5 Å². The van der Waals surface area contributed by atoms with Gasteiger partial charge in [0.2, 0.25) is 5.91 Å². The minimum absolute atomic E-state index is 0.0231. The predicted octanol–water partition coefficient (Wildman–Crippen LogP) is 2.83. The molecule has 7 heteroatoms. The second-order valence-electron chi connectivity index (χ2n) is 4.21. The van der Waals surface area contributed by atoms with E-state index in [1.807, 2.05) is 6.92 Å². The fourth-order valence-corrected chi connectivity index (χ4v) is 2.78. The molecule has 0 aromatic heterocycles. The zero-order chi connectivity index (χ0) is 14.6. The second kappa shape index (κ2) is 7.02. The average Bonchev–Trinajstić information content (AvgIpc) is 2.31. The Morgan fingerprint density at radius 1 is 1.42 bits per heavy atom. The van der Waals surface area contributed by atoms with Crippen LogP contribution in [0.4, 0.5) is 5.69 Å². The number of halogens is 2. The third kappa shape index (κ3) is 4.59. The molecular weight excluding hydrogens is 380 g/mol. The van der Waals surface area contributed by atoms with E-state index in [1.54, 1.807) is 6.07 Å².